The molecule has 0 aliphatic rings. The molecule has 2 aromatic rings. The van der Waals surface area contributed by atoms with Crippen LogP contribution < -0.4 is 14.2 Å². The van der Waals surface area contributed by atoms with Gasteiger partial charge in [-0.3, -0.25) is 0 Å². The van der Waals surface area contributed by atoms with Crippen LogP contribution >= 0.6 is 23.2 Å². The molecule has 0 amide bonds. The van der Waals surface area contributed by atoms with Gasteiger partial charge < -0.3 is 14.2 Å². The van der Waals surface area contributed by atoms with E-state index in [-0.39, 0.29) is 0 Å². The van der Waals surface area contributed by atoms with E-state index in [0.29, 0.717) is 34.8 Å². The predicted octanol–water partition coefficient (Wildman–Crippen LogP) is 4.68. The van der Waals surface area contributed by atoms with Crippen molar-refractivity contribution in [2.45, 2.75) is 12.5 Å². The third-order valence-electron chi connectivity index (χ3n) is 2.97. The second-order valence-corrected chi connectivity index (χ2v) is 5.08. The number of methoxy groups -OCH3 is 2. The van der Waals surface area contributed by atoms with Gasteiger partial charge in [-0.2, -0.15) is 0 Å². The van der Waals surface area contributed by atoms with Gasteiger partial charge >= 0.3 is 0 Å². The maximum atomic E-state index is 5.86. The predicted molar refractivity (Wildman–Crippen MR) is 84.9 cm³/mol. The molecule has 2 aromatic carbocycles. The highest BCUT2D eigenvalue weighted by Crippen LogP contribution is 2.39. The summed E-state index contributed by atoms with van der Waals surface area (Å²) in [6.45, 7) is 0.393. The second-order valence-electron chi connectivity index (χ2n) is 4.38. The first-order chi connectivity index (χ1) is 10.2. The van der Waals surface area contributed by atoms with Gasteiger partial charge in [0.2, 0.25) is 5.75 Å². The molecule has 112 valence electrons. The van der Waals surface area contributed by atoms with Crippen molar-refractivity contribution >= 4 is 23.2 Å². The molecule has 0 unspecified atom stereocenters. The molecule has 0 saturated carbocycles. The van der Waals surface area contributed by atoms with Crippen LogP contribution in [0.3, 0.4) is 0 Å². The normalized spacial score (nSPS) is 10.3. The topological polar surface area (TPSA) is 27.7 Å². The Bertz CT molecular complexity index is 572. The maximum Gasteiger partial charge on any atom is 0.203 e. The SMILES string of the molecule is COc1cc(CCl)cc(OC)c1OCc1ccc(Cl)cc1. The summed E-state index contributed by atoms with van der Waals surface area (Å²) in [5, 5.41) is 0.695. The molecule has 3 nitrogen and oxygen atoms in total. The minimum atomic E-state index is 0.379. The fourth-order valence-corrected chi connectivity index (χ4v) is 2.17. The summed E-state index contributed by atoms with van der Waals surface area (Å²) in [5.74, 6) is 2.13. The van der Waals surface area contributed by atoms with E-state index in [1.165, 1.54) is 0 Å². The molecule has 0 fully saturated rings. The van der Waals surface area contributed by atoms with Crippen molar-refractivity contribution in [3.63, 3.8) is 0 Å². The van der Waals surface area contributed by atoms with Crippen LogP contribution in [0, 0.1) is 0 Å². The van der Waals surface area contributed by atoms with Crippen molar-refractivity contribution in [2.75, 3.05) is 14.2 Å². The van der Waals surface area contributed by atoms with E-state index < -0.39 is 0 Å². The van der Waals surface area contributed by atoms with E-state index in [0.717, 1.165) is 11.1 Å². The first-order valence-corrected chi connectivity index (χ1v) is 7.27. The molecule has 0 atom stereocenters. The molecule has 0 N–H and O–H groups in total. The average Bonchev–Trinajstić information content (AvgIpc) is 2.53. The van der Waals surface area contributed by atoms with E-state index in [9.17, 15) is 0 Å². The van der Waals surface area contributed by atoms with Crippen LogP contribution in [0.15, 0.2) is 36.4 Å². The van der Waals surface area contributed by atoms with Crippen molar-refractivity contribution in [3.8, 4) is 17.2 Å². The van der Waals surface area contributed by atoms with E-state index in [4.69, 9.17) is 37.4 Å². The highest BCUT2D eigenvalue weighted by Gasteiger charge is 2.14. The van der Waals surface area contributed by atoms with Gasteiger partial charge in [0.25, 0.3) is 0 Å². The molecule has 21 heavy (non-hydrogen) atoms. The minimum Gasteiger partial charge on any atom is -0.493 e. The minimum absolute atomic E-state index is 0.379. The van der Waals surface area contributed by atoms with Gasteiger partial charge in [-0.25, -0.2) is 0 Å². The third-order valence-corrected chi connectivity index (χ3v) is 3.53. The zero-order chi connectivity index (χ0) is 15.2. The van der Waals surface area contributed by atoms with Crippen LogP contribution in [0.25, 0.3) is 0 Å². The van der Waals surface area contributed by atoms with Gasteiger partial charge in [0.15, 0.2) is 11.5 Å². The lowest BCUT2D eigenvalue weighted by atomic mass is 10.2. The first kappa shape index (κ1) is 15.8. The molecule has 0 bridgehead atoms. The Morgan fingerprint density at radius 2 is 1.48 bits per heavy atom. The van der Waals surface area contributed by atoms with Gasteiger partial charge in [-0.1, -0.05) is 23.7 Å². The summed E-state index contributed by atoms with van der Waals surface area (Å²) in [5.41, 5.74) is 1.91. The Kier molecular flexibility index (Phi) is 5.59. The summed E-state index contributed by atoms with van der Waals surface area (Å²) in [7, 11) is 3.17. The number of benzene rings is 2. The Morgan fingerprint density at radius 1 is 0.905 bits per heavy atom. The number of alkyl halides is 1. The van der Waals surface area contributed by atoms with Gasteiger partial charge in [-0.15, -0.1) is 11.6 Å². The quantitative estimate of drug-likeness (QED) is 0.721. The number of ether oxygens (including phenoxy) is 3. The summed E-state index contributed by atoms with van der Waals surface area (Å²) in [6.07, 6.45) is 0. The standard InChI is InChI=1S/C16H16Cl2O3/c1-19-14-7-12(9-17)8-15(20-2)16(14)21-10-11-3-5-13(18)6-4-11/h3-8H,9-10H2,1-2H3. The van der Waals surface area contributed by atoms with Crippen molar-refractivity contribution in [1.29, 1.82) is 0 Å². The third kappa shape index (κ3) is 3.96. The molecule has 0 aromatic heterocycles. The van der Waals surface area contributed by atoms with Gasteiger partial charge in [0.1, 0.15) is 6.61 Å². The molecule has 0 radical (unpaired) electrons. The van der Waals surface area contributed by atoms with E-state index in [1.807, 2.05) is 36.4 Å². The van der Waals surface area contributed by atoms with Crippen LogP contribution in [0.2, 0.25) is 5.02 Å². The number of halogens is 2. The van der Waals surface area contributed by atoms with Crippen molar-refractivity contribution in [1.82, 2.24) is 0 Å². The van der Waals surface area contributed by atoms with Crippen LogP contribution in [-0.4, -0.2) is 14.2 Å². The molecule has 5 heteroatoms. The van der Waals surface area contributed by atoms with Crippen molar-refractivity contribution < 1.29 is 14.2 Å². The summed E-state index contributed by atoms with van der Waals surface area (Å²) in [6, 6.07) is 11.2. The Hall–Kier alpha value is -1.58. The number of hydrogen-bond acceptors (Lipinski definition) is 3. The van der Waals surface area contributed by atoms with Crippen LogP contribution in [0.4, 0.5) is 0 Å². The zero-order valence-corrected chi connectivity index (χ0v) is 13.4. The fourth-order valence-electron chi connectivity index (χ4n) is 1.89. The smallest absolute Gasteiger partial charge is 0.203 e. The van der Waals surface area contributed by atoms with E-state index >= 15 is 0 Å². The van der Waals surface area contributed by atoms with Crippen LogP contribution in [0.1, 0.15) is 11.1 Å². The maximum absolute atomic E-state index is 5.86. The Morgan fingerprint density at radius 3 is 1.95 bits per heavy atom. The van der Waals surface area contributed by atoms with E-state index in [2.05, 4.69) is 0 Å². The molecular weight excluding hydrogens is 311 g/mol. The number of rotatable bonds is 6. The molecule has 0 aliphatic carbocycles. The molecule has 0 aliphatic heterocycles. The Balaban J connectivity index is 2.23. The summed E-state index contributed by atoms with van der Waals surface area (Å²) in [4.78, 5) is 0. The van der Waals surface area contributed by atoms with E-state index in [1.54, 1.807) is 14.2 Å². The van der Waals surface area contributed by atoms with Crippen LogP contribution in [-0.2, 0) is 12.5 Å². The first-order valence-electron chi connectivity index (χ1n) is 6.36. The lowest BCUT2D eigenvalue weighted by Crippen LogP contribution is -2.01. The lowest BCUT2D eigenvalue weighted by Gasteiger charge is -2.15. The summed E-state index contributed by atoms with van der Waals surface area (Å²) < 4.78 is 16.5. The van der Waals surface area contributed by atoms with Crippen molar-refractivity contribution in [3.05, 3.63) is 52.5 Å². The van der Waals surface area contributed by atoms with Gasteiger partial charge in [0.05, 0.1) is 14.2 Å². The molecule has 0 spiro atoms. The van der Waals surface area contributed by atoms with Gasteiger partial charge in [0, 0.05) is 10.9 Å². The second kappa shape index (κ2) is 7.43. The lowest BCUT2D eigenvalue weighted by molar-refractivity contribution is 0.265. The Labute approximate surface area is 134 Å². The average molecular weight is 327 g/mol. The molecular formula is C16H16Cl2O3. The highest BCUT2D eigenvalue weighted by atomic mass is 35.5. The molecule has 0 saturated heterocycles. The highest BCUT2D eigenvalue weighted by molar-refractivity contribution is 6.30. The zero-order valence-electron chi connectivity index (χ0n) is 11.9. The van der Waals surface area contributed by atoms with Crippen LogP contribution in [0.5, 0.6) is 17.2 Å². The largest absolute Gasteiger partial charge is 0.493 e. The van der Waals surface area contributed by atoms with Gasteiger partial charge in [-0.05, 0) is 35.4 Å². The number of hydrogen-bond donors (Lipinski definition) is 0. The monoisotopic (exact) mass is 326 g/mol. The fraction of sp³-hybridized carbons (Fsp3) is 0.250. The molecule has 0 heterocycles. The molecule has 2 rings (SSSR count). The summed E-state index contributed by atoms with van der Waals surface area (Å²) >= 11 is 11.7. The van der Waals surface area contributed by atoms with Crippen molar-refractivity contribution in [2.24, 2.45) is 0 Å².